The van der Waals surface area contributed by atoms with Crippen molar-refractivity contribution < 1.29 is 18.8 Å². The highest BCUT2D eigenvalue weighted by Crippen LogP contribution is 2.44. The quantitative estimate of drug-likeness (QED) is 0.673. The van der Waals surface area contributed by atoms with Crippen LogP contribution >= 0.6 is 8.25 Å². The molecule has 1 saturated carbocycles. The third-order valence-electron chi connectivity index (χ3n) is 5.69. The van der Waals surface area contributed by atoms with Gasteiger partial charge in [-0.3, -0.25) is 9.36 Å². The van der Waals surface area contributed by atoms with Crippen molar-refractivity contribution in [2.24, 2.45) is 11.3 Å². The van der Waals surface area contributed by atoms with E-state index in [0.717, 1.165) is 25.7 Å². The molecule has 0 amide bonds. The fraction of sp³-hybridized carbons (Fsp3) is 0.409. The van der Waals surface area contributed by atoms with Gasteiger partial charge in [-0.05, 0) is 42.7 Å². The van der Waals surface area contributed by atoms with Crippen LogP contribution in [-0.2, 0) is 26.7 Å². The molecular formula is C22H27O4P. The number of ketones is 1. The van der Waals surface area contributed by atoms with Crippen molar-refractivity contribution in [3.8, 4) is 0 Å². The van der Waals surface area contributed by atoms with Crippen LogP contribution < -0.4 is 0 Å². The second-order valence-corrected chi connectivity index (χ2v) is 8.38. The lowest BCUT2D eigenvalue weighted by molar-refractivity contribution is -0.122. The van der Waals surface area contributed by atoms with Crippen LogP contribution in [0.1, 0.15) is 36.8 Å². The summed E-state index contributed by atoms with van der Waals surface area (Å²) in [5, 5.41) is 0. The Hall–Kier alpha value is -1.74. The number of hydrogen-bond acceptors (Lipinski definition) is 3. The van der Waals surface area contributed by atoms with E-state index in [1.165, 1.54) is 11.1 Å². The van der Waals surface area contributed by atoms with Crippen LogP contribution in [0.25, 0.3) is 0 Å². The summed E-state index contributed by atoms with van der Waals surface area (Å²) in [5.74, 6) is 0.591. The van der Waals surface area contributed by atoms with Gasteiger partial charge >= 0.3 is 8.25 Å². The molecule has 0 heterocycles. The Kier molecular flexibility index (Phi) is 7.01. The lowest BCUT2D eigenvalue weighted by atomic mass is 9.63. The molecule has 3 rings (SSSR count). The third-order valence-corrected chi connectivity index (χ3v) is 6.08. The largest absolute Gasteiger partial charge is 0.326 e. The minimum Gasteiger partial charge on any atom is -0.326 e. The molecule has 0 spiro atoms. The highest BCUT2D eigenvalue weighted by molar-refractivity contribution is 7.32. The normalized spacial score (nSPS) is 17.0. The molecule has 144 valence electrons. The molecule has 1 aliphatic rings. The van der Waals surface area contributed by atoms with Crippen molar-refractivity contribution >= 4 is 14.0 Å². The Morgan fingerprint density at radius 3 is 1.85 bits per heavy atom. The zero-order valence-electron chi connectivity index (χ0n) is 15.5. The van der Waals surface area contributed by atoms with Gasteiger partial charge in [0, 0.05) is 18.3 Å². The molecule has 0 aromatic heterocycles. The highest BCUT2D eigenvalue weighted by atomic mass is 31.1. The van der Waals surface area contributed by atoms with Gasteiger partial charge in [-0.15, -0.1) is 0 Å². The summed E-state index contributed by atoms with van der Waals surface area (Å²) < 4.78 is 16.7. The lowest BCUT2D eigenvalue weighted by Crippen LogP contribution is -2.41. The molecule has 0 radical (unpaired) electrons. The summed E-state index contributed by atoms with van der Waals surface area (Å²) in [6, 6.07) is 20.4. The summed E-state index contributed by atoms with van der Waals surface area (Å²) in [5.41, 5.74) is 2.06. The van der Waals surface area contributed by atoms with E-state index in [-0.39, 0.29) is 17.9 Å². The molecule has 1 atom stereocenters. The van der Waals surface area contributed by atoms with E-state index in [2.05, 4.69) is 24.3 Å². The number of carbonyl (C=O) groups excluding carboxylic acids is 1. The van der Waals surface area contributed by atoms with Gasteiger partial charge < -0.3 is 9.42 Å². The third kappa shape index (κ3) is 5.62. The second kappa shape index (κ2) is 9.45. The molecular weight excluding hydrogens is 359 g/mol. The maximum absolute atomic E-state index is 11.8. The maximum atomic E-state index is 11.8. The van der Waals surface area contributed by atoms with Crippen molar-refractivity contribution in [2.45, 2.75) is 38.5 Å². The van der Waals surface area contributed by atoms with Gasteiger partial charge in [0.25, 0.3) is 0 Å². The van der Waals surface area contributed by atoms with E-state index in [4.69, 9.17) is 4.52 Å². The van der Waals surface area contributed by atoms with Gasteiger partial charge in [0.15, 0.2) is 0 Å². The van der Waals surface area contributed by atoms with E-state index in [1.807, 2.05) is 36.4 Å². The van der Waals surface area contributed by atoms with Gasteiger partial charge in [-0.1, -0.05) is 60.7 Å². The molecule has 0 aliphatic heterocycles. The number of carbonyl (C=O) groups is 1. The van der Waals surface area contributed by atoms with Crippen molar-refractivity contribution in [1.29, 1.82) is 0 Å². The summed E-state index contributed by atoms with van der Waals surface area (Å²) >= 11 is 0. The summed E-state index contributed by atoms with van der Waals surface area (Å²) in [7, 11) is -3.02. The molecule has 1 fully saturated rings. The van der Waals surface area contributed by atoms with Crippen LogP contribution in [0.2, 0.25) is 0 Å². The van der Waals surface area contributed by atoms with Crippen molar-refractivity contribution in [2.75, 3.05) is 6.61 Å². The zero-order chi connectivity index (χ0) is 19.1. The van der Waals surface area contributed by atoms with E-state index < -0.39 is 8.25 Å². The van der Waals surface area contributed by atoms with E-state index >= 15 is 0 Å². The molecule has 1 aliphatic carbocycles. The Labute approximate surface area is 161 Å². The summed E-state index contributed by atoms with van der Waals surface area (Å²) in [6.07, 6.45) is 4.32. The van der Waals surface area contributed by atoms with Crippen LogP contribution in [0.4, 0.5) is 0 Å². The zero-order valence-corrected chi connectivity index (χ0v) is 16.5. The Morgan fingerprint density at radius 2 is 1.41 bits per heavy atom. The molecule has 4 nitrogen and oxygen atoms in total. The Balaban J connectivity index is 1.95. The number of hydrogen-bond donors (Lipinski definition) is 1. The lowest BCUT2D eigenvalue weighted by Gasteiger charge is -2.42. The number of benzene rings is 2. The first-order valence-electron chi connectivity index (χ1n) is 9.53. The van der Waals surface area contributed by atoms with Crippen LogP contribution in [-0.4, -0.2) is 17.3 Å². The number of rotatable bonds is 8. The highest BCUT2D eigenvalue weighted by Gasteiger charge is 2.41. The Morgan fingerprint density at radius 1 is 0.926 bits per heavy atom. The van der Waals surface area contributed by atoms with Crippen molar-refractivity contribution in [3.05, 3.63) is 71.8 Å². The predicted octanol–water partition coefficient (Wildman–Crippen LogP) is 4.62. The monoisotopic (exact) mass is 386 g/mol. The molecule has 0 saturated heterocycles. The van der Waals surface area contributed by atoms with E-state index in [9.17, 15) is 14.3 Å². The molecule has 1 unspecified atom stereocenters. The molecule has 2 aromatic rings. The van der Waals surface area contributed by atoms with Gasteiger partial charge in [0.1, 0.15) is 5.78 Å². The molecule has 27 heavy (non-hydrogen) atoms. The van der Waals surface area contributed by atoms with Crippen LogP contribution in [0.5, 0.6) is 0 Å². The Bertz CT molecular complexity index is 709. The molecule has 0 bridgehead atoms. The van der Waals surface area contributed by atoms with E-state index in [0.29, 0.717) is 18.6 Å². The fourth-order valence-electron chi connectivity index (χ4n) is 4.33. The second-order valence-electron chi connectivity index (χ2n) is 7.55. The molecule has 5 heteroatoms. The van der Waals surface area contributed by atoms with Gasteiger partial charge in [-0.2, -0.15) is 0 Å². The first-order chi connectivity index (χ1) is 13.1. The minimum absolute atomic E-state index is 0.226. The smallest absolute Gasteiger partial charge is 0.316 e. The molecule has 1 N–H and O–H groups in total. The van der Waals surface area contributed by atoms with Crippen molar-refractivity contribution in [1.82, 2.24) is 0 Å². The molecule has 2 aromatic carbocycles. The minimum atomic E-state index is -3.02. The van der Waals surface area contributed by atoms with Crippen molar-refractivity contribution in [3.63, 3.8) is 0 Å². The average molecular weight is 386 g/mol. The first-order valence-corrected chi connectivity index (χ1v) is 10.8. The van der Waals surface area contributed by atoms with Gasteiger partial charge in [0.2, 0.25) is 0 Å². The fourth-order valence-corrected chi connectivity index (χ4v) is 4.74. The van der Waals surface area contributed by atoms with Crippen LogP contribution in [0, 0.1) is 11.3 Å². The maximum Gasteiger partial charge on any atom is 0.316 e. The summed E-state index contributed by atoms with van der Waals surface area (Å²) in [4.78, 5) is 21.2. The number of Topliss-reactive ketones (excluding diaryl/α,β-unsaturated/α-hetero) is 1. The van der Waals surface area contributed by atoms with Crippen LogP contribution in [0.3, 0.4) is 0 Å². The predicted molar refractivity (Wildman–Crippen MR) is 107 cm³/mol. The van der Waals surface area contributed by atoms with E-state index in [1.54, 1.807) is 0 Å². The topological polar surface area (TPSA) is 63.6 Å². The average Bonchev–Trinajstić information content (AvgIpc) is 2.68. The van der Waals surface area contributed by atoms with Crippen LogP contribution in [0.15, 0.2) is 60.7 Å². The summed E-state index contributed by atoms with van der Waals surface area (Å²) in [6.45, 7) is 0.226. The SMILES string of the molecule is O=C1CCC(C(CO[PH](=O)O)(Cc2ccccc2)Cc2ccccc2)CC1. The van der Waals surface area contributed by atoms with Gasteiger partial charge in [-0.25, -0.2) is 0 Å². The standard InChI is InChI=1S/C22H27O4P/c23-21-13-11-20(12-14-21)22(17-26-27(24)25,15-18-7-3-1-4-8-18)16-19-9-5-2-6-10-19/h1-10,20,27H,11-17H2,(H,24,25). The first kappa shape index (κ1) is 20.0. The van der Waals surface area contributed by atoms with Gasteiger partial charge in [0.05, 0.1) is 6.61 Å².